The molecule has 0 aliphatic heterocycles. The van der Waals surface area contributed by atoms with Gasteiger partial charge in [-0.2, -0.15) is 0 Å². The summed E-state index contributed by atoms with van der Waals surface area (Å²) in [7, 11) is 0. The van der Waals surface area contributed by atoms with Crippen molar-refractivity contribution in [3.63, 3.8) is 0 Å². The van der Waals surface area contributed by atoms with Crippen molar-refractivity contribution in [2.45, 2.75) is 25.7 Å². The average molecular weight is 395 g/mol. The molecule has 4 rings (SSSR count). The highest BCUT2D eigenvalue weighted by Crippen LogP contribution is 2.40. The average Bonchev–Trinajstić information content (AvgIpc) is 3.07. The molecule has 1 aromatic heterocycles. The Morgan fingerprint density at radius 3 is 2.56 bits per heavy atom. The summed E-state index contributed by atoms with van der Waals surface area (Å²) < 4.78 is 0. The number of rotatable bonds is 4. The zero-order valence-corrected chi connectivity index (χ0v) is 16.3. The number of halogens is 1. The zero-order chi connectivity index (χ0) is 18.6. The monoisotopic (exact) mass is 394 g/mol. The van der Waals surface area contributed by atoms with Crippen LogP contribution in [0.3, 0.4) is 0 Å². The molecular weight excluding hydrogens is 376 g/mol. The molecule has 3 nitrogen and oxygen atoms in total. The number of hydrogen-bond donors (Lipinski definition) is 1. The van der Waals surface area contributed by atoms with Crippen molar-refractivity contribution in [3.05, 3.63) is 81.2 Å². The van der Waals surface area contributed by atoms with Crippen LogP contribution in [0.1, 0.15) is 39.2 Å². The minimum absolute atomic E-state index is 0.100. The van der Waals surface area contributed by atoms with Crippen LogP contribution in [0, 0.1) is 0 Å². The van der Waals surface area contributed by atoms with Gasteiger partial charge < -0.3 is 5.32 Å². The smallest absolute Gasteiger partial charge is 0.259 e. The largest absolute Gasteiger partial charge is 0.322 e. The van der Waals surface area contributed by atoms with Crippen LogP contribution < -0.4 is 5.32 Å². The number of aryl methyl sites for hydroxylation is 1. The van der Waals surface area contributed by atoms with Gasteiger partial charge in [-0.1, -0.05) is 41.9 Å². The number of anilines is 1. The van der Waals surface area contributed by atoms with E-state index in [1.54, 1.807) is 23.5 Å². The van der Waals surface area contributed by atoms with Gasteiger partial charge in [-0.3, -0.25) is 4.79 Å². The van der Waals surface area contributed by atoms with Gasteiger partial charge >= 0.3 is 0 Å². The van der Waals surface area contributed by atoms with Crippen LogP contribution in [0.5, 0.6) is 0 Å². The van der Waals surface area contributed by atoms with Gasteiger partial charge in [0.15, 0.2) is 0 Å². The number of benzene rings is 2. The van der Waals surface area contributed by atoms with Gasteiger partial charge in [-0.05, 0) is 61.1 Å². The summed E-state index contributed by atoms with van der Waals surface area (Å²) in [6, 6.07) is 17.1. The maximum atomic E-state index is 13.1. The molecule has 1 amide bonds. The summed E-state index contributed by atoms with van der Waals surface area (Å²) in [6.07, 6.45) is 6.09. The zero-order valence-electron chi connectivity index (χ0n) is 14.7. The Kier molecular flexibility index (Phi) is 5.37. The van der Waals surface area contributed by atoms with E-state index < -0.39 is 0 Å². The normalized spacial score (nSPS) is 13.5. The van der Waals surface area contributed by atoms with Crippen LogP contribution in [0.2, 0.25) is 5.02 Å². The molecule has 136 valence electrons. The van der Waals surface area contributed by atoms with Gasteiger partial charge in [0.1, 0.15) is 5.00 Å². The van der Waals surface area contributed by atoms with Crippen molar-refractivity contribution in [2.75, 3.05) is 5.32 Å². The molecule has 3 aromatic rings. The minimum atomic E-state index is -0.100. The first-order valence-corrected chi connectivity index (χ1v) is 10.2. The molecule has 0 atom stereocenters. The highest BCUT2D eigenvalue weighted by molar-refractivity contribution is 7.16. The molecule has 0 bridgehead atoms. The van der Waals surface area contributed by atoms with Gasteiger partial charge in [0.05, 0.1) is 5.56 Å². The van der Waals surface area contributed by atoms with Gasteiger partial charge in [-0.25, -0.2) is 4.99 Å². The van der Waals surface area contributed by atoms with E-state index in [-0.39, 0.29) is 5.91 Å². The van der Waals surface area contributed by atoms with E-state index in [2.05, 4.69) is 10.3 Å². The molecule has 0 spiro atoms. The number of thiophene rings is 1. The highest BCUT2D eigenvalue weighted by Gasteiger charge is 2.25. The Hall–Kier alpha value is -2.43. The number of nitrogens with one attached hydrogen (secondary N) is 1. The molecule has 1 aliphatic rings. The first-order chi connectivity index (χ1) is 13.2. The topological polar surface area (TPSA) is 41.5 Å². The lowest BCUT2D eigenvalue weighted by Crippen LogP contribution is -2.14. The SMILES string of the molecule is O=C(Nc1ccc(Cl)cc1)c1c(N=Cc2ccccc2)sc2c1CCCC2. The fourth-order valence-electron chi connectivity index (χ4n) is 3.28. The van der Waals surface area contributed by atoms with E-state index in [1.807, 2.05) is 48.7 Å². The molecule has 0 saturated carbocycles. The number of nitrogens with zero attached hydrogens (tertiary/aromatic N) is 1. The second-order valence-corrected chi connectivity index (χ2v) is 8.04. The van der Waals surface area contributed by atoms with Gasteiger partial charge in [-0.15, -0.1) is 11.3 Å². The Bertz CT molecular complexity index is 978. The molecule has 0 fully saturated rings. The number of fused-ring (bicyclic) bond motifs is 1. The van der Waals surface area contributed by atoms with Crippen molar-refractivity contribution in [3.8, 4) is 0 Å². The maximum absolute atomic E-state index is 13.1. The third-order valence-electron chi connectivity index (χ3n) is 4.61. The van der Waals surface area contributed by atoms with Crippen LogP contribution in [-0.2, 0) is 12.8 Å². The van der Waals surface area contributed by atoms with E-state index >= 15 is 0 Å². The van der Waals surface area contributed by atoms with Crippen molar-refractivity contribution in [1.29, 1.82) is 0 Å². The van der Waals surface area contributed by atoms with Crippen molar-refractivity contribution >= 4 is 45.7 Å². The number of carbonyl (C=O) groups is 1. The Morgan fingerprint density at radius 1 is 1.04 bits per heavy atom. The predicted molar refractivity (Wildman–Crippen MR) is 114 cm³/mol. The Labute approximate surface area is 167 Å². The standard InChI is InChI=1S/C22H19ClN2OS/c23-16-10-12-17(13-11-16)25-21(26)20-18-8-4-5-9-19(18)27-22(20)24-14-15-6-2-1-3-7-15/h1-3,6-7,10-14H,4-5,8-9H2,(H,25,26). The second-order valence-electron chi connectivity index (χ2n) is 6.52. The van der Waals surface area contributed by atoms with E-state index in [0.29, 0.717) is 5.02 Å². The van der Waals surface area contributed by atoms with Crippen LogP contribution >= 0.6 is 22.9 Å². The number of hydrogen-bond acceptors (Lipinski definition) is 3. The molecular formula is C22H19ClN2OS. The van der Waals surface area contributed by atoms with E-state index in [1.165, 1.54) is 11.3 Å². The summed E-state index contributed by atoms with van der Waals surface area (Å²) >= 11 is 7.58. The number of aliphatic imine (C=N–C) groups is 1. The number of amides is 1. The number of carbonyl (C=O) groups excluding carboxylic acids is 1. The molecule has 2 aromatic carbocycles. The van der Waals surface area contributed by atoms with E-state index in [0.717, 1.165) is 46.6 Å². The van der Waals surface area contributed by atoms with Crippen molar-refractivity contribution < 1.29 is 4.79 Å². The molecule has 0 saturated heterocycles. The van der Waals surface area contributed by atoms with Crippen molar-refractivity contribution in [2.24, 2.45) is 4.99 Å². The molecule has 1 heterocycles. The fourth-order valence-corrected chi connectivity index (χ4v) is 4.63. The van der Waals surface area contributed by atoms with Gasteiger partial charge in [0.2, 0.25) is 0 Å². The van der Waals surface area contributed by atoms with Crippen LogP contribution in [0.4, 0.5) is 10.7 Å². The maximum Gasteiger partial charge on any atom is 0.259 e. The molecule has 1 N–H and O–H groups in total. The fraction of sp³-hybridized carbons (Fsp3) is 0.182. The predicted octanol–water partition coefficient (Wildman–Crippen LogP) is 6.28. The van der Waals surface area contributed by atoms with E-state index in [4.69, 9.17) is 11.6 Å². The summed E-state index contributed by atoms with van der Waals surface area (Å²) in [5.74, 6) is -0.100. The lowest BCUT2D eigenvalue weighted by Gasteiger charge is -2.12. The van der Waals surface area contributed by atoms with Crippen LogP contribution in [0.15, 0.2) is 59.6 Å². The lowest BCUT2D eigenvalue weighted by molar-refractivity contribution is 0.102. The lowest BCUT2D eigenvalue weighted by atomic mass is 9.95. The molecule has 0 radical (unpaired) electrons. The van der Waals surface area contributed by atoms with Crippen molar-refractivity contribution in [1.82, 2.24) is 0 Å². The van der Waals surface area contributed by atoms with Gasteiger partial charge in [0.25, 0.3) is 5.91 Å². The van der Waals surface area contributed by atoms with Crippen LogP contribution in [0.25, 0.3) is 0 Å². The summed E-state index contributed by atoms with van der Waals surface area (Å²) in [6.45, 7) is 0. The first-order valence-electron chi connectivity index (χ1n) is 9.01. The van der Waals surface area contributed by atoms with Crippen LogP contribution in [-0.4, -0.2) is 12.1 Å². The summed E-state index contributed by atoms with van der Waals surface area (Å²) in [5, 5.41) is 4.43. The third-order valence-corrected chi connectivity index (χ3v) is 6.06. The highest BCUT2D eigenvalue weighted by atomic mass is 35.5. The molecule has 0 unspecified atom stereocenters. The first kappa shape index (κ1) is 18.0. The third kappa shape index (κ3) is 4.12. The quantitative estimate of drug-likeness (QED) is 0.519. The minimum Gasteiger partial charge on any atom is -0.322 e. The summed E-state index contributed by atoms with van der Waals surface area (Å²) in [4.78, 5) is 19.0. The Balaban J connectivity index is 1.67. The molecule has 5 heteroatoms. The molecule has 1 aliphatic carbocycles. The molecule has 27 heavy (non-hydrogen) atoms. The second kappa shape index (κ2) is 8.07. The van der Waals surface area contributed by atoms with E-state index in [9.17, 15) is 4.79 Å². The van der Waals surface area contributed by atoms with Gasteiger partial charge in [0, 0.05) is 21.8 Å². The Morgan fingerprint density at radius 2 is 1.78 bits per heavy atom. The summed E-state index contributed by atoms with van der Waals surface area (Å²) in [5.41, 5.74) is 3.64.